The van der Waals surface area contributed by atoms with Crippen molar-refractivity contribution >= 4 is 27.6 Å². The van der Waals surface area contributed by atoms with Crippen molar-refractivity contribution in [2.75, 3.05) is 7.11 Å². The van der Waals surface area contributed by atoms with E-state index in [1.54, 1.807) is 0 Å². The molecule has 0 aliphatic heterocycles. The maximum absolute atomic E-state index is 11.0. The van der Waals surface area contributed by atoms with E-state index in [0.717, 1.165) is 11.3 Å². The summed E-state index contributed by atoms with van der Waals surface area (Å²) in [6, 6.07) is 2.76. The molecule has 2 rings (SSSR count). The second-order valence-corrected chi connectivity index (χ2v) is 4.21. The quantitative estimate of drug-likeness (QED) is 0.849. The number of ether oxygens (including phenoxy) is 1. The van der Waals surface area contributed by atoms with E-state index in [0.29, 0.717) is 4.70 Å². The lowest BCUT2D eigenvalue weighted by Gasteiger charge is -2.10. The van der Waals surface area contributed by atoms with E-state index in [-0.39, 0.29) is 16.9 Å². The Bertz CT molecular complexity index is 625. The SMILES string of the molecule is COc1cc2sc(=O)oc2cc1C(O)C(=O)O. The molecule has 1 atom stereocenters. The summed E-state index contributed by atoms with van der Waals surface area (Å²) in [5, 5.41) is 18.2. The van der Waals surface area contributed by atoms with Gasteiger partial charge in [-0.25, -0.2) is 9.59 Å². The number of aliphatic hydroxyl groups is 1. The Morgan fingerprint density at radius 3 is 2.82 bits per heavy atom. The highest BCUT2D eigenvalue weighted by atomic mass is 32.1. The van der Waals surface area contributed by atoms with Gasteiger partial charge in [0.1, 0.15) is 11.3 Å². The van der Waals surface area contributed by atoms with Crippen LogP contribution in [0.3, 0.4) is 0 Å². The summed E-state index contributed by atoms with van der Waals surface area (Å²) >= 11 is 0.879. The number of carbonyl (C=O) groups is 1. The standard InChI is InChI=1S/C10H8O6S/c1-15-5-3-7-6(16-10(14)17-7)2-4(5)8(11)9(12)13/h2-3,8,11H,1H3,(H,12,13). The van der Waals surface area contributed by atoms with Gasteiger partial charge in [0, 0.05) is 11.6 Å². The number of carboxylic acid groups (broad SMARTS) is 1. The molecule has 0 amide bonds. The van der Waals surface area contributed by atoms with Crippen LogP contribution in [-0.2, 0) is 4.79 Å². The lowest BCUT2D eigenvalue weighted by Crippen LogP contribution is -2.11. The van der Waals surface area contributed by atoms with Crippen molar-refractivity contribution in [1.82, 2.24) is 0 Å². The monoisotopic (exact) mass is 256 g/mol. The number of hydrogen-bond acceptors (Lipinski definition) is 6. The zero-order valence-corrected chi connectivity index (χ0v) is 9.48. The van der Waals surface area contributed by atoms with Crippen molar-refractivity contribution < 1.29 is 24.2 Å². The van der Waals surface area contributed by atoms with Crippen molar-refractivity contribution in [2.45, 2.75) is 6.10 Å². The predicted molar refractivity (Wildman–Crippen MR) is 59.5 cm³/mol. The van der Waals surface area contributed by atoms with Gasteiger partial charge in [0.25, 0.3) is 0 Å². The first-order valence-electron chi connectivity index (χ1n) is 4.55. The molecule has 1 heterocycles. The van der Waals surface area contributed by atoms with E-state index in [1.165, 1.54) is 19.2 Å². The molecule has 1 aromatic carbocycles. The molecule has 0 radical (unpaired) electrons. The summed E-state index contributed by atoms with van der Waals surface area (Å²) in [4.78, 5) is 21.3. The molecule has 6 nitrogen and oxygen atoms in total. The highest BCUT2D eigenvalue weighted by Gasteiger charge is 2.22. The Morgan fingerprint density at radius 1 is 1.53 bits per heavy atom. The molecule has 1 unspecified atom stereocenters. The molecule has 90 valence electrons. The third kappa shape index (κ3) is 2.02. The minimum Gasteiger partial charge on any atom is -0.496 e. The van der Waals surface area contributed by atoms with E-state index < -0.39 is 17.0 Å². The van der Waals surface area contributed by atoms with Crippen molar-refractivity contribution in [3.05, 3.63) is 27.4 Å². The summed E-state index contributed by atoms with van der Waals surface area (Å²) in [5.74, 6) is -1.20. The largest absolute Gasteiger partial charge is 0.496 e. The van der Waals surface area contributed by atoms with Crippen LogP contribution < -0.4 is 9.68 Å². The fraction of sp³-hybridized carbons (Fsp3) is 0.200. The Hall–Kier alpha value is -1.86. The van der Waals surface area contributed by atoms with Gasteiger partial charge in [-0.3, -0.25) is 0 Å². The Kier molecular flexibility index (Phi) is 2.86. The van der Waals surface area contributed by atoms with Crippen molar-refractivity contribution in [3.63, 3.8) is 0 Å². The summed E-state index contributed by atoms with van der Waals surface area (Å²) in [5.41, 5.74) is 0.283. The first kappa shape index (κ1) is 11.6. The second kappa shape index (κ2) is 4.19. The average Bonchev–Trinajstić information content (AvgIpc) is 2.65. The van der Waals surface area contributed by atoms with Gasteiger partial charge in [-0.15, -0.1) is 0 Å². The summed E-state index contributed by atoms with van der Waals surface area (Å²) in [7, 11) is 1.35. The summed E-state index contributed by atoms with van der Waals surface area (Å²) in [6.07, 6.45) is -1.72. The van der Waals surface area contributed by atoms with E-state index in [9.17, 15) is 14.7 Å². The highest BCUT2D eigenvalue weighted by molar-refractivity contribution is 7.16. The second-order valence-electron chi connectivity index (χ2n) is 3.24. The zero-order valence-electron chi connectivity index (χ0n) is 8.67. The molecule has 0 bridgehead atoms. The van der Waals surface area contributed by atoms with Gasteiger partial charge in [-0.05, 0) is 6.07 Å². The van der Waals surface area contributed by atoms with Gasteiger partial charge < -0.3 is 19.4 Å². The normalized spacial score (nSPS) is 12.6. The smallest absolute Gasteiger partial charge is 0.396 e. The van der Waals surface area contributed by atoms with Crippen LogP contribution in [0.2, 0.25) is 0 Å². The maximum atomic E-state index is 11.0. The molecular weight excluding hydrogens is 248 g/mol. The molecule has 0 fully saturated rings. The van der Waals surface area contributed by atoms with Gasteiger partial charge >= 0.3 is 10.9 Å². The first-order chi connectivity index (χ1) is 8.02. The van der Waals surface area contributed by atoms with Gasteiger partial charge in [-0.2, -0.15) is 0 Å². The third-order valence-corrected chi connectivity index (χ3v) is 3.00. The minimum atomic E-state index is -1.72. The molecule has 2 aromatic rings. The number of rotatable bonds is 3. The van der Waals surface area contributed by atoms with E-state index in [1.807, 2.05) is 0 Å². The Morgan fingerprint density at radius 2 is 2.24 bits per heavy atom. The lowest BCUT2D eigenvalue weighted by molar-refractivity contribution is -0.147. The molecular formula is C10H8O6S. The molecule has 2 N–H and O–H groups in total. The topological polar surface area (TPSA) is 97.0 Å². The van der Waals surface area contributed by atoms with Gasteiger partial charge in [0.05, 0.1) is 11.8 Å². The van der Waals surface area contributed by atoms with Crippen LogP contribution in [0.5, 0.6) is 5.75 Å². The molecule has 0 saturated heterocycles. The van der Waals surface area contributed by atoms with Crippen molar-refractivity contribution in [2.24, 2.45) is 0 Å². The van der Waals surface area contributed by atoms with Crippen LogP contribution in [0, 0.1) is 0 Å². The molecule has 0 spiro atoms. The van der Waals surface area contributed by atoms with Crippen LogP contribution in [-0.4, -0.2) is 23.3 Å². The van der Waals surface area contributed by atoms with Gasteiger partial charge in [-0.1, -0.05) is 11.3 Å². The van der Waals surface area contributed by atoms with E-state index >= 15 is 0 Å². The Labute approximate surface area is 98.7 Å². The van der Waals surface area contributed by atoms with Crippen LogP contribution in [0.25, 0.3) is 10.3 Å². The fourth-order valence-electron chi connectivity index (χ4n) is 1.44. The first-order valence-corrected chi connectivity index (χ1v) is 5.37. The average molecular weight is 256 g/mol. The maximum Gasteiger partial charge on any atom is 0.396 e. The highest BCUT2D eigenvalue weighted by Crippen LogP contribution is 2.31. The number of carboxylic acids is 1. The molecule has 0 saturated carbocycles. The number of aliphatic hydroxyl groups excluding tert-OH is 1. The number of fused-ring (bicyclic) bond motifs is 1. The number of aliphatic carboxylic acids is 1. The number of hydrogen-bond donors (Lipinski definition) is 2. The molecule has 1 aromatic heterocycles. The van der Waals surface area contributed by atoms with Crippen LogP contribution in [0.4, 0.5) is 0 Å². The number of benzene rings is 1. The van der Waals surface area contributed by atoms with Crippen LogP contribution >= 0.6 is 11.3 Å². The molecule has 17 heavy (non-hydrogen) atoms. The predicted octanol–water partition coefficient (Wildman–Crippen LogP) is 0.981. The zero-order chi connectivity index (χ0) is 12.6. The molecule has 7 heteroatoms. The van der Waals surface area contributed by atoms with Crippen LogP contribution in [0.15, 0.2) is 21.3 Å². The van der Waals surface area contributed by atoms with Gasteiger partial charge in [0.15, 0.2) is 6.10 Å². The lowest BCUT2D eigenvalue weighted by atomic mass is 10.1. The minimum absolute atomic E-state index is 0.0500. The molecule has 0 aliphatic carbocycles. The van der Waals surface area contributed by atoms with E-state index in [4.69, 9.17) is 14.3 Å². The fourth-order valence-corrected chi connectivity index (χ4v) is 2.12. The van der Waals surface area contributed by atoms with Crippen molar-refractivity contribution in [3.8, 4) is 5.75 Å². The third-order valence-electron chi connectivity index (χ3n) is 2.21. The van der Waals surface area contributed by atoms with Crippen LogP contribution in [0.1, 0.15) is 11.7 Å². The van der Waals surface area contributed by atoms with Crippen molar-refractivity contribution in [1.29, 1.82) is 0 Å². The van der Waals surface area contributed by atoms with Gasteiger partial charge in [0.2, 0.25) is 0 Å². The number of methoxy groups -OCH3 is 1. The summed E-state index contributed by atoms with van der Waals surface area (Å²) in [6.45, 7) is 0. The Balaban J connectivity index is 2.67. The molecule has 0 aliphatic rings. The van der Waals surface area contributed by atoms with E-state index in [2.05, 4.69) is 0 Å². The summed E-state index contributed by atoms with van der Waals surface area (Å²) < 4.78 is 10.4.